The molecule has 1 saturated carbocycles. The van der Waals surface area contributed by atoms with Crippen LogP contribution < -0.4 is 4.90 Å². The Morgan fingerprint density at radius 3 is 2.50 bits per heavy atom. The second-order valence-corrected chi connectivity index (χ2v) is 4.91. The van der Waals surface area contributed by atoms with Gasteiger partial charge in [0.1, 0.15) is 5.82 Å². The summed E-state index contributed by atoms with van der Waals surface area (Å²) < 4.78 is 37.8. The second-order valence-electron chi connectivity index (χ2n) is 4.57. The van der Waals surface area contributed by atoms with Gasteiger partial charge in [0.2, 0.25) is 5.28 Å². The Balaban J connectivity index is 2.29. The SMILES string of the molecule is CC(C1CC1)N(C)c1cc(C(F)(F)F)nc(Cl)n1. The third-order valence-electron chi connectivity index (χ3n) is 3.25. The summed E-state index contributed by atoms with van der Waals surface area (Å²) in [6.45, 7) is 1.97. The zero-order chi connectivity index (χ0) is 13.5. The smallest absolute Gasteiger partial charge is 0.357 e. The summed E-state index contributed by atoms with van der Waals surface area (Å²) in [7, 11) is 1.72. The fourth-order valence-electron chi connectivity index (χ4n) is 1.84. The molecule has 1 unspecified atom stereocenters. The Kier molecular flexibility index (Phi) is 3.40. The first kappa shape index (κ1) is 13.4. The molecule has 18 heavy (non-hydrogen) atoms. The van der Waals surface area contributed by atoms with E-state index in [2.05, 4.69) is 9.97 Å². The zero-order valence-corrected chi connectivity index (χ0v) is 10.8. The second kappa shape index (κ2) is 4.57. The van der Waals surface area contributed by atoms with Crippen LogP contribution >= 0.6 is 11.6 Å². The van der Waals surface area contributed by atoms with Gasteiger partial charge in [0.15, 0.2) is 5.69 Å². The Hall–Kier alpha value is -1.04. The van der Waals surface area contributed by atoms with Crippen LogP contribution in [0.5, 0.6) is 0 Å². The fourth-order valence-corrected chi connectivity index (χ4v) is 2.01. The molecule has 1 fully saturated rings. The monoisotopic (exact) mass is 279 g/mol. The van der Waals surface area contributed by atoms with Crippen molar-refractivity contribution in [3.05, 3.63) is 17.0 Å². The molecule has 7 heteroatoms. The normalized spacial score (nSPS) is 17.7. The summed E-state index contributed by atoms with van der Waals surface area (Å²) in [4.78, 5) is 8.79. The van der Waals surface area contributed by atoms with E-state index in [0.29, 0.717) is 5.92 Å². The molecule has 1 aliphatic rings. The lowest BCUT2D eigenvalue weighted by atomic mass is 10.2. The van der Waals surface area contributed by atoms with Gasteiger partial charge in [0.05, 0.1) is 0 Å². The molecule has 0 spiro atoms. The predicted octanol–water partition coefficient (Wildman–Crippen LogP) is 3.38. The highest BCUT2D eigenvalue weighted by Crippen LogP contribution is 2.37. The van der Waals surface area contributed by atoms with E-state index in [-0.39, 0.29) is 17.1 Å². The van der Waals surface area contributed by atoms with Crippen molar-refractivity contribution in [3.8, 4) is 0 Å². The van der Waals surface area contributed by atoms with Crippen LogP contribution in [0.1, 0.15) is 25.5 Å². The lowest BCUT2D eigenvalue weighted by Crippen LogP contribution is -2.31. The molecule has 1 aromatic heterocycles. The number of alkyl halides is 3. The summed E-state index contributed by atoms with van der Waals surface area (Å²) in [6.07, 6.45) is -2.29. The van der Waals surface area contributed by atoms with Crippen LogP contribution in [0.2, 0.25) is 5.28 Å². The number of nitrogens with zero attached hydrogens (tertiary/aromatic N) is 3. The molecule has 1 aliphatic carbocycles. The van der Waals surface area contributed by atoms with Gasteiger partial charge in [-0.15, -0.1) is 0 Å². The number of rotatable bonds is 3. The molecule has 0 N–H and O–H groups in total. The van der Waals surface area contributed by atoms with Crippen molar-refractivity contribution < 1.29 is 13.2 Å². The first-order valence-corrected chi connectivity index (χ1v) is 6.01. The van der Waals surface area contributed by atoms with E-state index >= 15 is 0 Å². The Bertz CT molecular complexity index is 446. The van der Waals surface area contributed by atoms with E-state index < -0.39 is 11.9 Å². The van der Waals surface area contributed by atoms with Gasteiger partial charge in [-0.2, -0.15) is 13.2 Å². The lowest BCUT2D eigenvalue weighted by Gasteiger charge is -2.26. The molecule has 0 aromatic carbocycles. The number of aromatic nitrogens is 2. The van der Waals surface area contributed by atoms with Gasteiger partial charge in [-0.05, 0) is 37.3 Å². The van der Waals surface area contributed by atoms with Gasteiger partial charge in [-0.1, -0.05) is 0 Å². The molecule has 2 rings (SSSR count). The van der Waals surface area contributed by atoms with Crippen LogP contribution in [0.3, 0.4) is 0 Å². The van der Waals surface area contributed by atoms with E-state index in [1.165, 1.54) is 0 Å². The molecule has 1 atom stereocenters. The highest BCUT2D eigenvalue weighted by molar-refractivity contribution is 6.28. The molecule has 0 radical (unpaired) electrons. The third kappa shape index (κ3) is 2.85. The average Bonchev–Trinajstić information content (AvgIpc) is 3.08. The molecular formula is C11H13ClF3N3. The number of hydrogen-bond acceptors (Lipinski definition) is 3. The summed E-state index contributed by atoms with van der Waals surface area (Å²) in [5.74, 6) is 0.736. The van der Waals surface area contributed by atoms with Crippen molar-refractivity contribution >= 4 is 17.4 Å². The van der Waals surface area contributed by atoms with E-state index in [9.17, 15) is 13.2 Å². The molecule has 0 saturated heterocycles. The van der Waals surface area contributed by atoms with Crippen molar-refractivity contribution in [2.75, 3.05) is 11.9 Å². The zero-order valence-electron chi connectivity index (χ0n) is 10.00. The van der Waals surface area contributed by atoms with Crippen LogP contribution in [-0.2, 0) is 6.18 Å². The van der Waals surface area contributed by atoms with E-state index in [0.717, 1.165) is 18.9 Å². The quantitative estimate of drug-likeness (QED) is 0.794. The molecule has 1 aromatic rings. The minimum Gasteiger partial charge on any atom is -0.357 e. The molecule has 0 aliphatic heterocycles. The Morgan fingerprint density at radius 2 is 2.00 bits per heavy atom. The Morgan fingerprint density at radius 1 is 1.39 bits per heavy atom. The van der Waals surface area contributed by atoms with Gasteiger partial charge in [0.25, 0.3) is 0 Å². The van der Waals surface area contributed by atoms with Gasteiger partial charge >= 0.3 is 6.18 Å². The topological polar surface area (TPSA) is 29.0 Å². The lowest BCUT2D eigenvalue weighted by molar-refractivity contribution is -0.141. The molecule has 100 valence electrons. The highest BCUT2D eigenvalue weighted by atomic mass is 35.5. The number of halogens is 4. The van der Waals surface area contributed by atoms with E-state index in [1.54, 1.807) is 11.9 Å². The van der Waals surface area contributed by atoms with Crippen LogP contribution in [-0.4, -0.2) is 23.1 Å². The van der Waals surface area contributed by atoms with Gasteiger partial charge in [-0.3, -0.25) is 0 Å². The number of hydrogen-bond donors (Lipinski definition) is 0. The Labute approximate surface area is 108 Å². The van der Waals surface area contributed by atoms with Crippen molar-refractivity contribution in [2.45, 2.75) is 32.0 Å². The molecular weight excluding hydrogens is 267 g/mol. The first-order valence-electron chi connectivity index (χ1n) is 5.63. The van der Waals surface area contributed by atoms with Crippen molar-refractivity contribution in [3.63, 3.8) is 0 Å². The van der Waals surface area contributed by atoms with Gasteiger partial charge in [-0.25, -0.2) is 9.97 Å². The van der Waals surface area contributed by atoms with Gasteiger partial charge < -0.3 is 4.90 Å². The molecule has 3 nitrogen and oxygen atoms in total. The largest absolute Gasteiger partial charge is 0.433 e. The van der Waals surface area contributed by atoms with Crippen LogP contribution in [0.15, 0.2) is 6.07 Å². The van der Waals surface area contributed by atoms with Crippen LogP contribution in [0.4, 0.5) is 19.0 Å². The summed E-state index contributed by atoms with van der Waals surface area (Å²) in [6, 6.07) is 1.09. The third-order valence-corrected chi connectivity index (χ3v) is 3.42. The summed E-state index contributed by atoms with van der Waals surface area (Å²) in [5, 5.41) is -0.380. The fraction of sp³-hybridized carbons (Fsp3) is 0.636. The van der Waals surface area contributed by atoms with E-state index in [4.69, 9.17) is 11.6 Å². The minimum atomic E-state index is -4.51. The summed E-state index contributed by atoms with van der Waals surface area (Å²) in [5.41, 5.74) is -1.01. The maximum Gasteiger partial charge on any atom is 0.433 e. The van der Waals surface area contributed by atoms with Crippen molar-refractivity contribution in [1.29, 1.82) is 0 Å². The minimum absolute atomic E-state index is 0.150. The van der Waals surface area contributed by atoms with Crippen LogP contribution in [0.25, 0.3) is 0 Å². The maximum atomic E-state index is 12.6. The first-order chi connectivity index (χ1) is 8.29. The molecule has 0 amide bonds. The molecule has 1 heterocycles. The van der Waals surface area contributed by atoms with E-state index in [1.807, 2.05) is 6.92 Å². The average molecular weight is 280 g/mol. The van der Waals surface area contributed by atoms with Crippen molar-refractivity contribution in [1.82, 2.24) is 9.97 Å². The highest BCUT2D eigenvalue weighted by Gasteiger charge is 2.35. The number of anilines is 1. The van der Waals surface area contributed by atoms with Gasteiger partial charge in [0, 0.05) is 19.2 Å². The predicted molar refractivity (Wildman–Crippen MR) is 62.6 cm³/mol. The standard InChI is InChI=1S/C11H13ClF3N3/c1-6(7-3-4-7)18(2)9-5-8(11(13,14)15)16-10(12)17-9/h5-7H,3-4H2,1-2H3. The van der Waals surface area contributed by atoms with Crippen LogP contribution in [0, 0.1) is 5.92 Å². The molecule has 0 bridgehead atoms. The maximum absolute atomic E-state index is 12.6. The summed E-state index contributed by atoms with van der Waals surface area (Å²) >= 11 is 5.55. The van der Waals surface area contributed by atoms with Crippen molar-refractivity contribution in [2.24, 2.45) is 5.92 Å².